The molecule has 1 N–H and O–H groups in total. The summed E-state index contributed by atoms with van der Waals surface area (Å²) in [4.78, 5) is 10.4. The molecule has 0 unspecified atom stereocenters. The first kappa shape index (κ1) is 14.1. The Labute approximate surface area is 107 Å². The van der Waals surface area contributed by atoms with E-state index in [-0.39, 0.29) is 10.6 Å². The van der Waals surface area contributed by atoms with Gasteiger partial charge in [-0.25, -0.2) is 0 Å². The van der Waals surface area contributed by atoms with Crippen LogP contribution in [-0.2, 0) is 6.54 Å². The number of hydrogen-bond donors (Lipinski definition) is 1. The third-order valence-electron chi connectivity index (χ3n) is 2.67. The highest BCUT2D eigenvalue weighted by atomic mass is 16.6. The van der Waals surface area contributed by atoms with Gasteiger partial charge in [-0.2, -0.15) is 5.26 Å². The standard InChI is InChI=1S/C13H17N3O2/c1-10-4-5-11(6-12(10)16(17)18)7-15-9-13(2,3)8-14/h4-6,15H,7,9H2,1-3H3. The minimum absolute atomic E-state index is 0.133. The molecule has 0 fully saturated rings. The normalized spacial score (nSPS) is 11.0. The molecule has 0 radical (unpaired) electrons. The lowest BCUT2D eigenvalue weighted by Gasteiger charge is -2.15. The molecular weight excluding hydrogens is 230 g/mol. The molecule has 1 aromatic carbocycles. The summed E-state index contributed by atoms with van der Waals surface area (Å²) in [7, 11) is 0. The quantitative estimate of drug-likeness (QED) is 0.640. The molecule has 0 spiro atoms. The number of nitrogens with one attached hydrogen (secondary N) is 1. The molecule has 0 amide bonds. The zero-order valence-electron chi connectivity index (χ0n) is 10.9. The summed E-state index contributed by atoms with van der Waals surface area (Å²) in [6, 6.07) is 7.36. The largest absolute Gasteiger partial charge is 0.311 e. The van der Waals surface area contributed by atoms with Crippen LogP contribution in [0.3, 0.4) is 0 Å². The number of nitro groups is 1. The Balaban J connectivity index is 2.67. The van der Waals surface area contributed by atoms with E-state index in [1.54, 1.807) is 19.1 Å². The lowest BCUT2D eigenvalue weighted by atomic mass is 9.96. The van der Waals surface area contributed by atoms with Crippen LogP contribution < -0.4 is 5.32 Å². The molecule has 0 aliphatic carbocycles. The fourth-order valence-electron chi connectivity index (χ4n) is 1.52. The van der Waals surface area contributed by atoms with Crippen molar-refractivity contribution >= 4 is 5.69 Å². The summed E-state index contributed by atoms with van der Waals surface area (Å²) < 4.78 is 0. The first-order chi connectivity index (χ1) is 8.35. The van der Waals surface area contributed by atoms with Gasteiger partial charge in [0.2, 0.25) is 0 Å². The first-order valence-electron chi connectivity index (χ1n) is 5.71. The van der Waals surface area contributed by atoms with Crippen molar-refractivity contribution < 1.29 is 4.92 Å². The van der Waals surface area contributed by atoms with Gasteiger partial charge in [0, 0.05) is 24.7 Å². The van der Waals surface area contributed by atoms with Crippen LogP contribution in [0.15, 0.2) is 18.2 Å². The molecule has 5 heteroatoms. The minimum Gasteiger partial charge on any atom is -0.311 e. The van der Waals surface area contributed by atoms with Gasteiger partial charge in [-0.15, -0.1) is 0 Å². The van der Waals surface area contributed by atoms with Crippen molar-refractivity contribution in [1.82, 2.24) is 5.32 Å². The Morgan fingerprint density at radius 3 is 2.72 bits per heavy atom. The van der Waals surface area contributed by atoms with E-state index >= 15 is 0 Å². The maximum atomic E-state index is 10.8. The highest BCUT2D eigenvalue weighted by molar-refractivity contribution is 5.42. The van der Waals surface area contributed by atoms with Gasteiger partial charge < -0.3 is 5.32 Å². The van der Waals surface area contributed by atoms with Crippen LogP contribution in [0.1, 0.15) is 25.0 Å². The van der Waals surface area contributed by atoms with E-state index in [0.717, 1.165) is 5.56 Å². The van der Waals surface area contributed by atoms with Gasteiger partial charge in [0.1, 0.15) is 0 Å². The number of nitrogens with zero attached hydrogens (tertiary/aromatic N) is 2. The molecule has 0 saturated carbocycles. The van der Waals surface area contributed by atoms with Crippen LogP contribution in [0.5, 0.6) is 0 Å². The molecule has 0 atom stereocenters. The van der Waals surface area contributed by atoms with Crippen molar-refractivity contribution in [3.63, 3.8) is 0 Å². The molecule has 0 bridgehead atoms. The Hall–Kier alpha value is -1.93. The van der Waals surface area contributed by atoms with Gasteiger partial charge in [0.05, 0.1) is 16.4 Å². The molecule has 0 saturated heterocycles. The Bertz CT molecular complexity index is 489. The second kappa shape index (κ2) is 5.61. The fraction of sp³-hybridized carbons (Fsp3) is 0.462. The molecule has 0 aromatic heterocycles. The zero-order chi connectivity index (χ0) is 13.8. The number of nitro benzene ring substituents is 1. The first-order valence-corrected chi connectivity index (χ1v) is 5.71. The van der Waals surface area contributed by atoms with Gasteiger partial charge in [-0.1, -0.05) is 12.1 Å². The number of nitriles is 1. The molecule has 0 aliphatic heterocycles. The maximum Gasteiger partial charge on any atom is 0.272 e. The van der Waals surface area contributed by atoms with E-state index < -0.39 is 5.41 Å². The van der Waals surface area contributed by atoms with E-state index in [1.807, 2.05) is 19.9 Å². The van der Waals surface area contributed by atoms with Crippen molar-refractivity contribution in [3.8, 4) is 6.07 Å². The number of hydrogen-bond acceptors (Lipinski definition) is 4. The summed E-state index contributed by atoms with van der Waals surface area (Å²) >= 11 is 0. The minimum atomic E-state index is -0.434. The van der Waals surface area contributed by atoms with Crippen LogP contribution in [0.2, 0.25) is 0 Å². The summed E-state index contributed by atoms with van der Waals surface area (Å²) in [5.74, 6) is 0. The third-order valence-corrected chi connectivity index (χ3v) is 2.67. The lowest BCUT2D eigenvalue weighted by Crippen LogP contribution is -2.27. The van der Waals surface area contributed by atoms with E-state index in [1.165, 1.54) is 0 Å². The van der Waals surface area contributed by atoms with Crippen LogP contribution in [-0.4, -0.2) is 11.5 Å². The number of aryl methyl sites for hydroxylation is 1. The summed E-state index contributed by atoms with van der Waals surface area (Å²) in [5, 5.41) is 22.8. The van der Waals surface area contributed by atoms with E-state index in [4.69, 9.17) is 5.26 Å². The number of benzene rings is 1. The highest BCUT2D eigenvalue weighted by Gasteiger charge is 2.16. The van der Waals surface area contributed by atoms with E-state index in [9.17, 15) is 10.1 Å². The fourth-order valence-corrected chi connectivity index (χ4v) is 1.52. The third kappa shape index (κ3) is 3.82. The summed E-state index contributed by atoms with van der Waals surface area (Å²) in [5.41, 5.74) is 1.20. The Morgan fingerprint density at radius 1 is 1.50 bits per heavy atom. The van der Waals surface area contributed by atoms with Gasteiger partial charge in [-0.05, 0) is 26.3 Å². The smallest absolute Gasteiger partial charge is 0.272 e. The average Bonchev–Trinajstić information content (AvgIpc) is 2.31. The van der Waals surface area contributed by atoms with Gasteiger partial charge >= 0.3 is 0 Å². The molecular formula is C13H17N3O2. The van der Waals surface area contributed by atoms with Gasteiger partial charge in [-0.3, -0.25) is 10.1 Å². The van der Waals surface area contributed by atoms with E-state index in [2.05, 4.69) is 11.4 Å². The second-order valence-corrected chi connectivity index (χ2v) is 4.98. The monoisotopic (exact) mass is 247 g/mol. The predicted molar refractivity (Wildman–Crippen MR) is 68.9 cm³/mol. The van der Waals surface area contributed by atoms with Gasteiger partial charge in [0.25, 0.3) is 5.69 Å². The van der Waals surface area contributed by atoms with Crippen molar-refractivity contribution in [2.75, 3.05) is 6.54 Å². The van der Waals surface area contributed by atoms with Crippen molar-refractivity contribution in [2.24, 2.45) is 5.41 Å². The Kier molecular flexibility index (Phi) is 4.40. The lowest BCUT2D eigenvalue weighted by molar-refractivity contribution is -0.385. The molecule has 5 nitrogen and oxygen atoms in total. The molecule has 1 aromatic rings. The van der Waals surface area contributed by atoms with Crippen molar-refractivity contribution in [2.45, 2.75) is 27.3 Å². The Morgan fingerprint density at radius 2 is 2.17 bits per heavy atom. The average molecular weight is 247 g/mol. The molecule has 0 aliphatic rings. The van der Waals surface area contributed by atoms with Crippen LogP contribution >= 0.6 is 0 Å². The summed E-state index contributed by atoms with van der Waals surface area (Å²) in [6.45, 7) is 6.47. The predicted octanol–water partition coefficient (Wildman–Crippen LogP) is 2.54. The van der Waals surface area contributed by atoms with E-state index in [0.29, 0.717) is 18.7 Å². The summed E-state index contributed by atoms with van der Waals surface area (Å²) in [6.07, 6.45) is 0. The molecule has 0 heterocycles. The highest BCUT2D eigenvalue weighted by Crippen LogP contribution is 2.19. The zero-order valence-corrected chi connectivity index (χ0v) is 10.9. The van der Waals surface area contributed by atoms with Crippen LogP contribution in [0.25, 0.3) is 0 Å². The van der Waals surface area contributed by atoms with Crippen LogP contribution in [0.4, 0.5) is 5.69 Å². The van der Waals surface area contributed by atoms with Crippen molar-refractivity contribution in [3.05, 3.63) is 39.4 Å². The maximum absolute atomic E-state index is 10.8. The van der Waals surface area contributed by atoms with Crippen LogP contribution in [0, 0.1) is 33.8 Å². The van der Waals surface area contributed by atoms with Crippen molar-refractivity contribution in [1.29, 1.82) is 5.26 Å². The molecule has 1 rings (SSSR count). The number of rotatable bonds is 5. The second-order valence-electron chi connectivity index (χ2n) is 4.98. The van der Waals surface area contributed by atoms with Gasteiger partial charge in [0.15, 0.2) is 0 Å². The molecule has 18 heavy (non-hydrogen) atoms. The SMILES string of the molecule is Cc1ccc(CNCC(C)(C)C#N)cc1[N+](=O)[O-]. The topological polar surface area (TPSA) is 79.0 Å². The molecule has 96 valence electrons.